The molecule has 0 aromatic carbocycles. The Balaban J connectivity index is 2.46. The van der Waals surface area contributed by atoms with Gasteiger partial charge < -0.3 is 14.9 Å². The Morgan fingerprint density at radius 3 is 2.77 bits per heavy atom. The summed E-state index contributed by atoms with van der Waals surface area (Å²) in [5, 5.41) is 20.2. The predicted octanol–water partition coefficient (Wildman–Crippen LogP) is 3.34. The highest BCUT2D eigenvalue weighted by Crippen LogP contribution is 2.33. The number of aliphatic hydroxyl groups is 2. The molecule has 2 N–H and O–H groups in total. The lowest BCUT2D eigenvalue weighted by Gasteiger charge is -2.17. The van der Waals surface area contributed by atoms with Crippen LogP contribution in [0.2, 0.25) is 0 Å². The smallest absolute Gasteiger partial charge is 0.305 e. The lowest BCUT2D eigenvalue weighted by atomic mass is 9.90. The number of esters is 1. The number of Topliss-reactive ketones (excluding diaryl/α,β-unsaturated/α-hetero) is 1. The van der Waals surface area contributed by atoms with E-state index in [-0.39, 0.29) is 30.0 Å². The number of hydrogen-bond acceptors (Lipinski definition) is 5. The molecule has 0 spiro atoms. The van der Waals surface area contributed by atoms with Gasteiger partial charge in [-0.05, 0) is 25.7 Å². The van der Waals surface area contributed by atoms with Crippen molar-refractivity contribution in [2.24, 2.45) is 11.8 Å². The van der Waals surface area contributed by atoms with E-state index in [1.807, 2.05) is 12.2 Å². The van der Waals surface area contributed by atoms with Gasteiger partial charge in [0.2, 0.25) is 0 Å². The van der Waals surface area contributed by atoms with E-state index in [9.17, 15) is 19.8 Å². The number of unbranched alkanes of at least 4 members (excludes halogenated alkanes) is 3. The standard InChI is InChI=1S/C21H34O5/c1-3-4-7-10-16(22)13-14-18-17(19(23)15-20(18)24)11-8-5-6-9-12-21(25)26-2/h5,8,13-14,16-19,22-23H,3-4,6-7,9-12,15H2,1-2H3/t16-,17+,18+,19-/m0/s1. The number of methoxy groups -OCH3 is 1. The minimum atomic E-state index is -0.630. The minimum absolute atomic E-state index is 0.0404. The number of allylic oxidation sites excluding steroid dienone is 3. The lowest BCUT2D eigenvalue weighted by Crippen LogP contribution is -2.19. The van der Waals surface area contributed by atoms with Crippen molar-refractivity contribution in [3.05, 3.63) is 24.3 Å². The normalized spacial score (nSPS) is 24.6. The van der Waals surface area contributed by atoms with Crippen LogP contribution in [0.25, 0.3) is 0 Å². The van der Waals surface area contributed by atoms with Gasteiger partial charge in [0.15, 0.2) is 0 Å². The van der Waals surface area contributed by atoms with Gasteiger partial charge in [-0.15, -0.1) is 0 Å². The number of rotatable bonds is 12. The van der Waals surface area contributed by atoms with Gasteiger partial charge in [0.1, 0.15) is 5.78 Å². The Morgan fingerprint density at radius 1 is 1.31 bits per heavy atom. The van der Waals surface area contributed by atoms with Gasteiger partial charge in [0.25, 0.3) is 0 Å². The first-order valence-corrected chi connectivity index (χ1v) is 9.78. The van der Waals surface area contributed by atoms with Crippen LogP contribution in [0.4, 0.5) is 0 Å². The molecule has 0 aromatic rings. The molecular weight excluding hydrogens is 332 g/mol. The van der Waals surface area contributed by atoms with E-state index in [0.717, 1.165) is 32.1 Å². The average Bonchev–Trinajstić information content (AvgIpc) is 2.89. The number of carbonyl (C=O) groups excluding carboxylic acids is 2. The van der Waals surface area contributed by atoms with Crippen molar-refractivity contribution in [1.29, 1.82) is 0 Å². The van der Waals surface area contributed by atoms with Crippen molar-refractivity contribution in [2.75, 3.05) is 7.11 Å². The van der Waals surface area contributed by atoms with Gasteiger partial charge >= 0.3 is 5.97 Å². The van der Waals surface area contributed by atoms with Crippen LogP contribution in [0.15, 0.2) is 24.3 Å². The van der Waals surface area contributed by atoms with Crippen LogP contribution in [0.1, 0.15) is 64.7 Å². The van der Waals surface area contributed by atoms with Gasteiger partial charge in [-0.25, -0.2) is 0 Å². The van der Waals surface area contributed by atoms with Crippen LogP contribution in [0.3, 0.4) is 0 Å². The number of ether oxygens (including phenoxy) is 1. The highest BCUT2D eigenvalue weighted by molar-refractivity contribution is 5.86. The van der Waals surface area contributed by atoms with Gasteiger partial charge in [-0.3, -0.25) is 9.59 Å². The first-order valence-electron chi connectivity index (χ1n) is 9.78. The molecule has 0 aliphatic heterocycles. The van der Waals surface area contributed by atoms with Gasteiger partial charge in [-0.1, -0.05) is 50.5 Å². The first-order chi connectivity index (χ1) is 12.5. The van der Waals surface area contributed by atoms with Crippen molar-refractivity contribution >= 4 is 11.8 Å². The predicted molar refractivity (Wildman–Crippen MR) is 102 cm³/mol. The summed E-state index contributed by atoms with van der Waals surface area (Å²) in [7, 11) is 1.38. The zero-order chi connectivity index (χ0) is 19.4. The van der Waals surface area contributed by atoms with Crippen molar-refractivity contribution < 1.29 is 24.5 Å². The number of carbonyl (C=O) groups is 2. The second kappa shape index (κ2) is 12.8. The molecule has 4 atom stereocenters. The summed E-state index contributed by atoms with van der Waals surface area (Å²) >= 11 is 0. The molecule has 0 radical (unpaired) electrons. The molecule has 0 heterocycles. The largest absolute Gasteiger partial charge is 0.469 e. The van der Waals surface area contributed by atoms with Crippen LogP contribution >= 0.6 is 0 Å². The molecular formula is C21H34O5. The van der Waals surface area contributed by atoms with Crippen molar-refractivity contribution in [1.82, 2.24) is 0 Å². The lowest BCUT2D eigenvalue weighted by molar-refractivity contribution is -0.140. The maximum atomic E-state index is 12.1. The van der Waals surface area contributed by atoms with Crippen molar-refractivity contribution in [2.45, 2.75) is 76.9 Å². The molecule has 26 heavy (non-hydrogen) atoms. The Bertz CT molecular complexity index is 483. The summed E-state index contributed by atoms with van der Waals surface area (Å²) in [6, 6.07) is 0. The van der Waals surface area contributed by atoms with Crippen LogP contribution < -0.4 is 0 Å². The third-order valence-corrected chi connectivity index (χ3v) is 4.94. The molecule has 148 valence electrons. The maximum absolute atomic E-state index is 12.1. The number of ketones is 1. The summed E-state index contributed by atoms with van der Waals surface area (Å²) < 4.78 is 4.59. The van der Waals surface area contributed by atoms with E-state index in [2.05, 4.69) is 11.7 Å². The third-order valence-electron chi connectivity index (χ3n) is 4.94. The fourth-order valence-corrected chi connectivity index (χ4v) is 3.31. The first kappa shape index (κ1) is 22.6. The van der Waals surface area contributed by atoms with E-state index in [4.69, 9.17) is 0 Å². The van der Waals surface area contributed by atoms with Crippen molar-refractivity contribution in [3.63, 3.8) is 0 Å². The highest BCUT2D eigenvalue weighted by atomic mass is 16.5. The summed E-state index contributed by atoms with van der Waals surface area (Å²) in [6.45, 7) is 2.12. The monoisotopic (exact) mass is 366 g/mol. The third kappa shape index (κ3) is 8.28. The quantitative estimate of drug-likeness (QED) is 0.314. The molecule has 0 aromatic heterocycles. The number of aliphatic hydroxyl groups excluding tert-OH is 2. The SMILES string of the molecule is CCCCC[C@H](O)C=C[C@H]1C(=O)C[C@H](O)[C@@H]1CC=CCCCC(=O)OC. The molecule has 5 nitrogen and oxygen atoms in total. The van der Waals surface area contributed by atoms with Crippen LogP contribution in [-0.2, 0) is 14.3 Å². The number of hydrogen-bond donors (Lipinski definition) is 2. The van der Waals surface area contributed by atoms with E-state index in [1.165, 1.54) is 7.11 Å². The molecule has 0 saturated heterocycles. The average molecular weight is 366 g/mol. The molecule has 5 heteroatoms. The van der Waals surface area contributed by atoms with Crippen molar-refractivity contribution in [3.8, 4) is 0 Å². The van der Waals surface area contributed by atoms with E-state index < -0.39 is 12.2 Å². The zero-order valence-electron chi connectivity index (χ0n) is 16.1. The second-order valence-electron chi connectivity index (χ2n) is 7.05. The summed E-state index contributed by atoms with van der Waals surface area (Å²) in [4.78, 5) is 23.2. The highest BCUT2D eigenvalue weighted by Gasteiger charge is 2.39. The Morgan fingerprint density at radius 2 is 2.08 bits per heavy atom. The van der Waals surface area contributed by atoms with E-state index >= 15 is 0 Å². The molecule has 1 aliphatic carbocycles. The Labute approximate surface area is 157 Å². The molecule has 1 rings (SSSR count). The van der Waals surface area contributed by atoms with Gasteiger partial charge in [0, 0.05) is 24.7 Å². The topological polar surface area (TPSA) is 83.8 Å². The fourth-order valence-electron chi connectivity index (χ4n) is 3.31. The van der Waals surface area contributed by atoms with E-state index in [0.29, 0.717) is 19.3 Å². The van der Waals surface area contributed by atoms with Gasteiger partial charge in [0.05, 0.1) is 19.3 Å². The minimum Gasteiger partial charge on any atom is -0.469 e. The molecule has 0 amide bonds. The second-order valence-corrected chi connectivity index (χ2v) is 7.05. The molecule has 1 fully saturated rings. The summed E-state index contributed by atoms with van der Waals surface area (Å²) in [6.07, 6.45) is 12.9. The zero-order valence-corrected chi connectivity index (χ0v) is 16.1. The fraction of sp³-hybridized carbons (Fsp3) is 0.714. The van der Waals surface area contributed by atoms with Crippen LogP contribution in [-0.4, -0.2) is 41.3 Å². The van der Waals surface area contributed by atoms with Crippen LogP contribution in [0, 0.1) is 11.8 Å². The van der Waals surface area contributed by atoms with Gasteiger partial charge in [-0.2, -0.15) is 0 Å². The molecule has 1 saturated carbocycles. The summed E-state index contributed by atoms with van der Waals surface area (Å²) in [5.41, 5.74) is 0. The maximum Gasteiger partial charge on any atom is 0.305 e. The Kier molecular flexibility index (Phi) is 11.1. The van der Waals surface area contributed by atoms with Crippen LogP contribution in [0.5, 0.6) is 0 Å². The molecule has 0 unspecified atom stereocenters. The molecule has 0 bridgehead atoms. The van der Waals surface area contributed by atoms with E-state index in [1.54, 1.807) is 12.2 Å². The summed E-state index contributed by atoms with van der Waals surface area (Å²) in [5.74, 6) is -0.638. The molecule has 1 aliphatic rings. The Hall–Kier alpha value is -1.46.